The lowest BCUT2D eigenvalue weighted by atomic mass is 10.1. The van der Waals surface area contributed by atoms with E-state index in [0.29, 0.717) is 12.5 Å². The molecule has 1 aliphatic carbocycles. The number of guanidine groups is 1. The first kappa shape index (κ1) is 27.7. The first-order valence-electron chi connectivity index (χ1n) is 11.9. The number of aryl methyl sites for hydroxylation is 1. The fraction of sp³-hybridized carbons (Fsp3) is 0.680. The molecule has 3 rings (SSSR count). The molecule has 1 aliphatic heterocycles. The van der Waals surface area contributed by atoms with Crippen LogP contribution in [0.4, 0.5) is 10.5 Å². The highest BCUT2D eigenvalue weighted by Crippen LogP contribution is 2.35. The third kappa shape index (κ3) is 8.02. The second-order valence-electron chi connectivity index (χ2n) is 9.86. The number of rotatable bonds is 7. The van der Waals surface area contributed by atoms with Gasteiger partial charge in [0.25, 0.3) is 0 Å². The molecule has 1 saturated carbocycles. The average Bonchev–Trinajstić information content (AvgIpc) is 3.44. The Bertz CT molecular complexity index is 820. The minimum Gasteiger partial charge on any atom is -0.443 e. The fourth-order valence-corrected chi connectivity index (χ4v) is 4.14. The molecule has 0 bridgehead atoms. The summed E-state index contributed by atoms with van der Waals surface area (Å²) in [7, 11) is 1.83. The lowest BCUT2D eigenvalue weighted by Crippen LogP contribution is -2.40. The Morgan fingerprint density at radius 3 is 2.58 bits per heavy atom. The number of nitrogens with one attached hydrogen (secondary N) is 1. The Hall–Kier alpha value is -1.55. The highest BCUT2D eigenvalue weighted by molar-refractivity contribution is 14.0. The number of halogens is 1. The minimum atomic E-state index is -0.505. The molecule has 1 atom stereocenters. The number of ether oxygens (including phenoxy) is 2. The molecule has 7 nitrogen and oxygen atoms in total. The van der Waals surface area contributed by atoms with Crippen molar-refractivity contribution in [3.63, 3.8) is 0 Å². The average molecular weight is 573 g/mol. The highest BCUT2D eigenvalue weighted by atomic mass is 127. The molecular weight excluding hydrogens is 531 g/mol. The SMILES string of the molecule is CCOCC1CCN(C(=NC)NCc2ccc(N(C(=O)OC(C)(C)C)C3CC3)c(C)c2)C1.I. The van der Waals surface area contributed by atoms with Crippen LogP contribution in [0.1, 0.15) is 58.1 Å². The van der Waals surface area contributed by atoms with Gasteiger partial charge in [-0.2, -0.15) is 0 Å². The van der Waals surface area contributed by atoms with Crippen LogP contribution in [0.2, 0.25) is 0 Å². The summed E-state index contributed by atoms with van der Waals surface area (Å²) in [5.41, 5.74) is 2.68. The number of hydrogen-bond acceptors (Lipinski definition) is 4. The summed E-state index contributed by atoms with van der Waals surface area (Å²) in [5, 5.41) is 3.50. The largest absolute Gasteiger partial charge is 0.443 e. The Kier molecular flexibility index (Phi) is 10.3. The maximum absolute atomic E-state index is 12.8. The Labute approximate surface area is 216 Å². The molecule has 1 aromatic carbocycles. The van der Waals surface area contributed by atoms with Crippen molar-refractivity contribution < 1.29 is 14.3 Å². The van der Waals surface area contributed by atoms with E-state index in [4.69, 9.17) is 9.47 Å². The van der Waals surface area contributed by atoms with Gasteiger partial charge in [-0.1, -0.05) is 12.1 Å². The zero-order valence-electron chi connectivity index (χ0n) is 21.0. The lowest BCUT2D eigenvalue weighted by molar-refractivity contribution is 0.0577. The van der Waals surface area contributed by atoms with Gasteiger partial charge in [0, 0.05) is 45.2 Å². The van der Waals surface area contributed by atoms with Crippen molar-refractivity contribution in [2.45, 2.75) is 72.1 Å². The van der Waals surface area contributed by atoms with E-state index >= 15 is 0 Å². The van der Waals surface area contributed by atoms with Gasteiger partial charge in [0.2, 0.25) is 0 Å². The van der Waals surface area contributed by atoms with Crippen LogP contribution >= 0.6 is 24.0 Å². The second kappa shape index (κ2) is 12.2. The molecule has 1 aromatic rings. The number of carbonyl (C=O) groups excluding carboxylic acids is 1. The van der Waals surface area contributed by atoms with Gasteiger partial charge in [-0.3, -0.25) is 9.89 Å². The number of carbonyl (C=O) groups is 1. The van der Waals surface area contributed by atoms with Crippen molar-refractivity contribution in [3.8, 4) is 0 Å². The van der Waals surface area contributed by atoms with Crippen molar-refractivity contribution in [2.75, 3.05) is 38.3 Å². The second-order valence-corrected chi connectivity index (χ2v) is 9.86. The van der Waals surface area contributed by atoms with Gasteiger partial charge >= 0.3 is 6.09 Å². The molecule has 0 radical (unpaired) electrons. The van der Waals surface area contributed by atoms with Crippen LogP contribution in [-0.4, -0.2) is 61.9 Å². The van der Waals surface area contributed by atoms with Crippen LogP contribution in [0.3, 0.4) is 0 Å². The standard InChI is InChI=1S/C25H40N4O3.HI/c1-7-31-17-20-12-13-28(16-20)23(26-6)27-15-19-8-11-22(18(2)14-19)29(21-9-10-21)24(30)32-25(3,4)5;/h8,11,14,20-21H,7,9-10,12-13,15-17H2,1-6H3,(H,26,27);1H. The van der Waals surface area contributed by atoms with Crippen LogP contribution in [0.5, 0.6) is 0 Å². The van der Waals surface area contributed by atoms with E-state index in [0.717, 1.165) is 68.3 Å². The van der Waals surface area contributed by atoms with Crippen molar-refractivity contribution in [3.05, 3.63) is 29.3 Å². The molecule has 1 N–H and O–H groups in total. The minimum absolute atomic E-state index is 0. The van der Waals surface area contributed by atoms with Crippen LogP contribution < -0.4 is 10.2 Å². The topological polar surface area (TPSA) is 66.4 Å². The normalized spacial score (nSPS) is 18.7. The molecule has 1 amide bonds. The molecule has 2 aliphatic rings. The van der Waals surface area contributed by atoms with Crippen LogP contribution in [0, 0.1) is 12.8 Å². The summed E-state index contributed by atoms with van der Waals surface area (Å²) >= 11 is 0. The third-order valence-corrected chi connectivity index (χ3v) is 5.83. The van der Waals surface area contributed by atoms with E-state index in [1.165, 1.54) is 0 Å². The summed E-state index contributed by atoms with van der Waals surface area (Å²) in [6.07, 6.45) is 2.93. The highest BCUT2D eigenvalue weighted by Gasteiger charge is 2.37. The lowest BCUT2D eigenvalue weighted by Gasteiger charge is -2.28. The molecule has 186 valence electrons. The fourth-order valence-electron chi connectivity index (χ4n) is 4.14. The summed E-state index contributed by atoms with van der Waals surface area (Å²) in [6.45, 7) is 14.1. The first-order chi connectivity index (χ1) is 15.2. The van der Waals surface area contributed by atoms with Gasteiger partial charge in [-0.05, 0) is 71.1 Å². The van der Waals surface area contributed by atoms with Gasteiger partial charge < -0.3 is 19.7 Å². The van der Waals surface area contributed by atoms with Crippen LogP contribution in [-0.2, 0) is 16.0 Å². The van der Waals surface area contributed by atoms with Gasteiger partial charge in [0.1, 0.15) is 5.60 Å². The van der Waals surface area contributed by atoms with E-state index in [-0.39, 0.29) is 36.1 Å². The molecule has 33 heavy (non-hydrogen) atoms. The summed E-state index contributed by atoms with van der Waals surface area (Å²) in [4.78, 5) is 21.5. The number of aliphatic imine (C=N–C) groups is 1. The van der Waals surface area contributed by atoms with Gasteiger partial charge in [0.15, 0.2) is 5.96 Å². The monoisotopic (exact) mass is 572 g/mol. The van der Waals surface area contributed by atoms with Gasteiger partial charge in [-0.25, -0.2) is 4.79 Å². The predicted molar refractivity (Wildman–Crippen MR) is 145 cm³/mol. The van der Waals surface area contributed by atoms with Crippen LogP contribution in [0.15, 0.2) is 23.2 Å². The van der Waals surface area contributed by atoms with Crippen LogP contribution in [0.25, 0.3) is 0 Å². The van der Waals surface area contributed by atoms with E-state index in [9.17, 15) is 4.79 Å². The third-order valence-electron chi connectivity index (χ3n) is 5.83. The summed E-state index contributed by atoms with van der Waals surface area (Å²) < 4.78 is 11.3. The van der Waals surface area contributed by atoms with E-state index in [1.54, 1.807) is 0 Å². The first-order valence-corrected chi connectivity index (χ1v) is 11.9. The quantitative estimate of drug-likeness (QED) is 0.285. The Morgan fingerprint density at radius 1 is 1.27 bits per heavy atom. The van der Waals surface area contributed by atoms with Crippen molar-refractivity contribution in [1.82, 2.24) is 10.2 Å². The zero-order chi connectivity index (χ0) is 23.3. The molecular formula is C25H41IN4O3. The molecule has 0 spiro atoms. The molecule has 8 heteroatoms. The van der Waals surface area contributed by atoms with E-state index in [2.05, 4.69) is 34.3 Å². The number of anilines is 1. The van der Waals surface area contributed by atoms with Crippen molar-refractivity contribution in [1.29, 1.82) is 0 Å². The smallest absolute Gasteiger partial charge is 0.415 e. The summed E-state index contributed by atoms with van der Waals surface area (Å²) in [5.74, 6) is 1.50. The predicted octanol–water partition coefficient (Wildman–Crippen LogP) is 4.95. The summed E-state index contributed by atoms with van der Waals surface area (Å²) in [6, 6.07) is 6.53. The molecule has 2 fully saturated rings. The number of likely N-dealkylation sites (tertiary alicyclic amines) is 1. The number of hydrogen-bond donors (Lipinski definition) is 1. The Morgan fingerprint density at radius 2 is 2.00 bits per heavy atom. The number of amides is 1. The number of benzene rings is 1. The van der Waals surface area contributed by atoms with Gasteiger partial charge in [-0.15, -0.1) is 24.0 Å². The molecule has 1 unspecified atom stereocenters. The molecule has 1 saturated heterocycles. The number of nitrogens with zero attached hydrogens (tertiary/aromatic N) is 3. The maximum atomic E-state index is 12.8. The van der Waals surface area contributed by atoms with Gasteiger partial charge in [0.05, 0.1) is 12.3 Å². The maximum Gasteiger partial charge on any atom is 0.415 e. The van der Waals surface area contributed by atoms with E-state index in [1.807, 2.05) is 45.7 Å². The molecule has 0 aromatic heterocycles. The van der Waals surface area contributed by atoms with Crippen molar-refractivity contribution in [2.24, 2.45) is 10.9 Å². The Balaban J connectivity index is 0.00000385. The molecule has 1 heterocycles. The zero-order valence-corrected chi connectivity index (χ0v) is 23.3. The van der Waals surface area contributed by atoms with Crippen molar-refractivity contribution >= 4 is 41.7 Å². The van der Waals surface area contributed by atoms with E-state index < -0.39 is 5.60 Å².